The van der Waals surface area contributed by atoms with Crippen LogP contribution >= 0.6 is 0 Å². The fraction of sp³-hybridized carbons (Fsp3) is 0.233. The van der Waals surface area contributed by atoms with Gasteiger partial charge in [0, 0.05) is 11.9 Å². The second-order valence-electron chi connectivity index (χ2n) is 10.1. The Bertz CT molecular complexity index is 1500. The molecule has 2 bridgehead atoms. The van der Waals surface area contributed by atoms with E-state index in [2.05, 4.69) is 0 Å². The number of ketones is 1. The number of hydrogen-bond acceptors (Lipinski definition) is 4. The zero-order valence-corrected chi connectivity index (χ0v) is 21.0. The zero-order chi connectivity index (χ0) is 25.5. The van der Waals surface area contributed by atoms with Gasteiger partial charge in [0.1, 0.15) is 0 Å². The molecule has 1 heterocycles. The van der Waals surface area contributed by atoms with Crippen LogP contribution < -0.4 is 0 Å². The van der Waals surface area contributed by atoms with Gasteiger partial charge in [-0.25, -0.2) is 0 Å². The Hall–Kier alpha value is -3.64. The van der Waals surface area contributed by atoms with Crippen LogP contribution in [0.2, 0.25) is 0 Å². The summed E-state index contributed by atoms with van der Waals surface area (Å²) in [6.45, 7) is 3.50. The predicted octanol–water partition coefficient (Wildman–Crippen LogP) is 4.37. The van der Waals surface area contributed by atoms with E-state index in [-0.39, 0.29) is 5.78 Å². The molecule has 2 fully saturated rings. The van der Waals surface area contributed by atoms with E-state index in [4.69, 9.17) is 0 Å². The lowest BCUT2D eigenvalue weighted by atomic mass is 9.62. The Morgan fingerprint density at radius 2 is 1.19 bits per heavy atom. The molecule has 0 spiro atoms. The number of imide groups is 1. The number of likely N-dealkylation sites (tertiary alicyclic amines) is 1. The average molecular weight is 496 g/mol. The van der Waals surface area contributed by atoms with E-state index in [1.54, 1.807) is 44.2 Å². The number of benzene rings is 3. The van der Waals surface area contributed by atoms with Crippen LogP contribution in [-0.2, 0) is 25.2 Å². The topological polar surface area (TPSA) is 71.5 Å². The van der Waals surface area contributed by atoms with Crippen LogP contribution in [0.3, 0.4) is 0 Å². The summed E-state index contributed by atoms with van der Waals surface area (Å²) in [6.07, 6.45) is 0. The van der Waals surface area contributed by atoms with Gasteiger partial charge in [0.05, 0.1) is 27.5 Å². The van der Waals surface area contributed by atoms with Crippen molar-refractivity contribution >= 4 is 39.5 Å². The molecule has 180 valence electrons. The molecule has 0 aromatic heterocycles. The highest BCUT2D eigenvalue weighted by atomic mass is 32.2. The predicted molar refractivity (Wildman–Crippen MR) is 138 cm³/mol. The third-order valence-corrected chi connectivity index (χ3v) is 10.6. The molecule has 2 aliphatic carbocycles. The second-order valence-corrected chi connectivity index (χ2v) is 11.7. The van der Waals surface area contributed by atoms with Gasteiger partial charge in [-0.3, -0.25) is 23.5 Å². The Balaban J connectivity index is 1.78. The largest absolute Gasteiger partial charge is 0.298 e. The molecule has 0 N–H and O–H groups in total. The molecule has 5 nitrogen and oxygen atoms in total. The Labute approximate surface area is 212 Å². The smallest absolute Gasteiger partial charge is 0.250 e. The normalized spacial score (nSPS) is 31.8. The van der Waals surface area contributed by atoms with Crippen molar-refractivity contribution in [2.45, 2.75) is 23.5 Å². The van der Waals surface area contributed by atoms with Gasteiger partial charge in [-0.2, -0.15) is 0 Å². The summed E-state index contributed by atoms with van der Waals surface area (Å²) in [5, 5.41) is 0. The van der Waals surface area contributed by atoms with Crippen LogP contribution in [0.1, 0.15) is 25.0 Å². The number of fused-ring (bicyclic) bond motifs is 5. The maximum Gasteiger partial charge on any atom is 0.250 e. The van der Waals surface area contributed by atoms with Gasteiger partial charge in [0.2, 0.25) is 11.8 Å². The molecular formula is C30H25NO4S. The summed E-state index contributed by atoms with van der Waals surface area (Å²) in [6, 6.07) is 27.8. The van der Waals surface area contributed by atoms with Crippen LogP contribution in [0.25, 0.3) is 11.1 Å². The Kier molecular flexibility index (Phi) is 4.71. The molecule has 0 radical (unpaired) electrons. The minimum atomic E-state index is -1.97. The number of Topliss-reactive ketones (excluding diaryl/α,β-unsaturated/α-hetero) is 1. The third-order valence-electron chi connectivity index (χ3n) is 8.50. The van der Waals surface area contributed by atoms with E-state index in [9.17, 15) is 18.6 Å². The van der Waals surface area contributed by atoms with Crippen molar-refractivity contribution in [3.8, 4) is 0 Å². The molecule has 3 aliphatic rings. The SMILES string of the molecule is CN1C(=O)C2C3(C)C(=O)C(C)(C(c4ccccc4)=C3c3ccccc3)C2(S(=O)c2ccccc2)C1=O. The molecule has 5 atom stereocenters. The number of rotatable bonds is 4. The molecule has 36 heavy (non-hydrogen) atoms. The number of allylic oxidation sites excluding steroid dienone is 2. The molecule has 5 unspecified atom stereocenters. The summed E-state index contributed by atoms with van der Waals surface area (Å²) in [5.41, 5.74) is 0.210. The van der Waals surface area contributed by atoms with Crippen molar-refractivity contribution in [1.82, 2.24) is 4.90 Å². The maximum absolute atomic E-state index is 14.6. The van der Waals surface area contributed by atoms with E-state index in [0.717, 1.165) is 21.6 Å². The summed E-state index contributed by atoms with van der Waals surface area (Å²) >= 11 is 0. The monoisotopic (exact) mass is 495 g/mol. The van der Waals surface area contributed by atoms with E-state index in [1.807, 2.05) is 60.7 Å². The number of nitrogens with zero attached hydrogens (tertiary/aromatic N) is 1. The molecule has 1 aliphatic heterocycles. The highest BCUT2D eigenvalue weighted by molar-refractivity contribution is 7.87. The quantitative estimate of drug-likeness (QED) is 0.504. The van der Waals surface area contributed by atoms with Crippen LogP contribution in [0.15, 0.2) is 95.9 Å². The third kappa shape index (κ3) is 2.36. The Morgan fingerprint density at radius 1 is 0.722 bits per heavy atom. The molecule has 6 heteroatoms. The van der Waals surface area contributed by atoms with Crippen LogP contribution in [-0.4, -0.2) is 38.5 Å². The highest BCUT2D eigenvalue weighted by Gasteiger charge is 2.88. The Morgan fingerprint density at radius 3 is 1.72 bits per heavy atom. The lowest BCUT2D eigenvalue weighted by Crippen LogP contribution is -2.58. The van der Waals surface area contributed by atoms with Gasteiger partial charge in [-0.05, 0) is 48.3 Å². The van der Waals surface area contributed by atoms with Crippen molar-refractivity contribution in [2.75, 3.05) is 7.05 Å². The fourth-order valence-corrected chi connectivity index (χ4v) is 9.26. The molecular weight excluding hydrogens is 470 g/mol. The van der Waals surface area contributed by atoms with Crippen molar-refractivity contribution in [1.29, 1.82) is 0 Å². The lowest BCUT2D eigenvalue weighted by molar-refractivity contribution is -0.143. The minimum Gasteiger partial charge on any atom is -0.298 e. The first kappa shape index (κ1) is 22.8. The average Bonchev–Trinajstić information content (AvgIpc) is 3.31. The van der Waals surface area contributed by atoms with Gasteiger partial charge >= 0.3 is 0 Å². The van der Waals surface area contributed by atoms with Crippen molar-refractivity contribution in [3.05, 3.63) is 102 Å². The second kappa shape index (κ2) is 7.43. The van der Waals surface area contributed by atoms with Crippen LogP contribution in [0.5, 0.6) is 0 Å². The lowest BCUT2D eigenvalue weighted by Gasteiger charge is -2.44. The minimum absolute atomic E-state index is 0.225. The van der Waals surface area contributed by atoms with E-state index in [0.29, 0.717) is 10.5 Å². The van der Waals surface area contributed by atoms with Crippen molar-refractivity contribution < 1.29 is 18.6 Å². The highest BCUT2D eigenvalue weighted by Crippen LogP contribution is 2.76. The molecule has 1 saturated heterocycles. The van der Waals surface area contributed by atoms with E-state index in [1.165, 1.54) is 7.05 Å². The molecule has 3 aromatic rings. The van der Waals surface area contributed by atoms with Crippen LogP contribution in [0, 0.1) is 16.7 Å². The van der Waals surface area contributed by atoms with Gasteiger partial charge < -0.3 is 0 Å². The fourth-order valence-electron chi connectivity index (χ4n) is 7.07. The van der Waals surface area contributed by atoms with Crippen LogP contribution in [0.4, 0.5) is 0 Å². The van der Waals surface area contributed by atoms with Gasteiger partial charge in [-0.15, -0.1) is 0 Å². The molecule has 1 saturated carbocycles. The number of carbonyl (C=O) groups excluding carboxylic acids is 3. The van der Waals surface area contributed by atoms with Crippen molar-refractivity contribution in [3.63, 3.8) is 0 Å². The van der Waals surface area contributed by atoms with Gasteiger partial charge in [0.15, 0.2) is 10.5 Å². The summed E-state index contributed by atoms with van der Waals surface area (Å²) in [5.74, 6) is -2.32. The first-order valence-corrected chi connectivity index (χ1v) is 13.1. The number of amides is 2. The van der Waals surface area contributed by atoms with Gasteiger partial charge in [-0.1, -0.05) is 78.9 Å². The standard InChI is InChI=1S/C30H25NO4S/c1-28-22(19-13-7-4-8-14-19)23(20-15-9-5-10-16-20)29(2,26(28)33)30(24(28)25(32)31(3)27(30)34)36(35)21-17-11-6-12-18-21/h4-18,24H,1-3H3. The first-order valence-electron chi connectivity index (χ1n) is 11.9. The summed E-state index contributed by atoms with van der Waals surface area (Å²) < 4.78 is 12.8. The first-order chi connectivity index (χ1) is 17.2. The summed E-state index contributed by atoms with van der Waals surface area (Å²) in [7, 11) is -0.536. The maximum atomic E-state index is 14.6. The zero-order valence-electron chi connectivity index (χ0n) is 20.2. The van der Waals surface area contributed by atoms with E-state index < -0.39 is 44.1 Å². The van der Waals surface area contributed by atoms with E-state index >= 15 is 0 Å². The molecule has 3 aromatic carbocycles. The molecule has 6 rings (SSSR count). The number of carbonyl (C=O) groups is 3. The van der Waals surface area contributed by atoms with Crippen molar-refractivity contribution in [2.24, 2.45) is 16.7 Å². The van der Waals surface area contributed by atoms with Gasteiger partial charge in [0.25, 0.3) is 0 Å². The number of hydrogen-bond donors (Lipinski definition) is 0. The molecule has 2 amide bonds. The summed E-state index contributed by atoms with van der Waals surface area (Å²) in [4.78, 5) is 44.2.